The number of unbranched alkanes of at least 4 members (excludes halogenated alkanes) is 12. The van der Waals surface area contributed by atoms with Crippen LogP contribution >= 0.6 is 0 Å². The van der Waals surface area contributed by atoms with Gasteiger partial charge < -0.3 is 0 Å². The van der Waals surface area contributed by atoms with Crippen LogP contribution in [0.2, 0.25) is 0 Å². The van der Waals surface area contributed by atoms with Gasteiger partial charge in [0.2, 0.25) is 0 Å². The molecule has 0 rings (SSSR count). The molecule has 0 fully saturated rings. The van der Waals surface area contributed by atoms with Gasteiger partial charge in [-0.15, -0.1) is 0 Å². The van der Waals surface area contributed by atoms with Crippen molar-refractivity contribution in [2.75, 3.05) is 0 Å². The molecule has 0 spiro atoms. The predicted molar refractivity (Wildman–Crippen MR) is 95.9 cm³/mol. The standard InChI is InChI=1S/C18H38O3S/c1-3-5-6-7-8-9-10-11-12-13-14-15-16-17-18(4-2)22(19,20)21/h18H,3-17H2,1-2H3,(H,19,20,21). The number of rotatable bonds is 16. The Bertz CT molecular complexity index is 325. The zero-order chi connectivity index (χ0) is 16.7. The first kappa shape index (κ1) is 21.9. The minimum absolute atomic E-state index is 0.511. The van der Waals surface area contributed by atoms with Gasteiger partial charge in [0.15, 0.2) is 0 Å². The Labute approximate surface area is 139 Å². The second-order valence-electron chi connectivity index (χ2n) is 6.58. The van der Waals surface area contributed by atoms with Gasteiger partial charge in [0.1, 0.15) is 0 Å². The minimum atomic E-state index is -3.83. The van der Waals surface area contributed by atoms with Crippen molar-refractivity contribution in [3.63, 3.8) is 0 Å². The molecule has 0 aromatic heterocycles. The monoisotopic (exact) mass is 334 g/mol. The van der Waals surface area contributed by atoms with Crippen LogP contribution in [0.4, 0.5) is 0 Å². The second kappa shape index (κ2) is 14.5. The van der Waals surface area contributed by atoms with Crippen molar-refractivity contribution in [2.45, 2.75) is 115 Å². The molecule has 0 aliphatic heterocycles. The summed E-state index contributed by atoms with van der Waals surface area (Å²) in [5, 5.41) is -0.555. The van der Waals surface area contributed by atoms with E-state index in [-0.39, 0.29) is 0 Å². The maximum absolute atomic E-state index is 11.1. The summed E-state index contributed by atoms with van der Waals surface area (Å²) in [4.78, 5) is 0. The lowest BCUT2D eigenvalue weighted by molar-refractivity contribution is 0.452. The van der Waals surface area contributed by atoms with Gasteiger partial charge >= 0.3 is 0 Å². The Hall–Kier alpha value is -0.0900. The molecule has 0 saturated carbocycles. The van der Waals surface area contributed by atoms with Crippen molar-refractivity contribution >= 4 is 10.1 Å². The molecule has 134 valence electrons. The van der Waals surface area contributed by atoms with E-state index in [1.165, 1.54) is 70.6 Å². The summed E-state index contributed by atoms with van der Waals surface area (Å²) in [6, 6.07) is 0. The third kappa shape index (κ3) is 13.6. The molecule has 0 heterocycles. The highest BCUT2D eigenvalue weighted by Gasteiger charge is 2.19. The molecular formula is C18H38O3S. The van der Waals surface area contributed by atoms with Gasteiger partial charge in [-0.05, 0) is 12.8 Å². The van der Waals surface area contributed by atoms with Gasteiger partial charge in [0, 0.05) is 0 Å². The van der Waals surface area contributed by atoms with Crippen LogP contribution in [0.5, 0.6) is 0 Å². The molecule has 1 unspecified atom stereocenters. The molecule has 1 N–H and O–H groups in total. The highest BCUT2D eigenvalue weighted by Crippen LogP contribution is 2.16. The fraction of sp³-hybridized carbons (Fsp3) is 1.00. The van der Waals surface area contributed by atoms with Gasteiger partial charge in [-0.25, -0.2) is 0 Å². The fourth-order valence-corrected chi connectivity index (χ4v) is 3.84. The van der Waals surface area contributed by atoms with Crippen LogP contribution in [0.1, 0.15) is 110 Å². The first-order chi connectivity index (χ1) is 10.5. The number of hydrogen-bond acceptors (Lipinski definition) is 2. The van der Waals surface area contributed by atoms with E-state index in [4.69, 9.17) is 4.55 Å². The van der Waals surface area contributed by atoms with Crippen molar-refractivity contribution in [2.24, 2.45) is 0 Å². The van der Waals surface area contributed by atoms with Crippen molar-refractivity contribution < 1.29 is 13.0 Å². The van der Waals surface area contributed by atoms with E-state index in [1.54, 1.807) is 0 Å². The van der Waals surface area contributed by atoms with Gasteiger partial charge in [-0.1, -0.05) is 97.3 Å². The summed E-state index contributed by atoms with van der Waals surface area (Å²) < 4.78 is 31.2. The van der Waals surface area contributed by atoms with E-state index < -0.39 is 15.4 Å². The average molecular weight is 335 g/mol. The Kier molecular flexibility index (Phi) is 14.4. The van der Waals surface area contributed by atoms with Crippen LogP contribution in [0.3, 0.4) is 0 Å². The van der Waals surface area contributed by atoms with Crippen LogP contribution in [0.25, 0.3) is 0 Å². The van der Waals surface area contributed by atoms with E-state index in [1.807, 2.05) is 6.92 Å². The van der Waals surface area contributed by atoms with E-state index in [9.17, 15) is 8.42 Å². The molecule has 0 saturated heterocycles. The zero-order valence-corrected chi connectivity index (χ0v) is 15.7. The van der Waals surface area contributed by atoms with E-state index in [0.29, 0.717) is 12.8 Å². The van der Waals surface area contributed by atoms with Crippen LogP contribution < -0.4 is 0 Å². The molecule has 0 aliphatic carbocycles. The molecule has 4 heteroatoms. The van der Waals surface area contributed by atoms with E-state index >= 15 is 0 Å². The molecule has 3 nitrogen and oxygen atoms in total. The smallest absolute Gasteiger partial charge is 0.267 e. The summed E-state index contributed by atoms with van der Waals surface area (Å²) >= 11 is 0. The highest BCUT2D eigenvalue weighted by molar-refractivity contribution is 7.86. The lowest BCUT2D eigenvalue weighted by Crippen LogP contribution is -2.19. The van der Waals surface area contributed by atoms with Crippen molar-refractivity contribution in [1.82, 2.24) is 0 Å². The van der Waals surface area contributed by atoms with Gasteiger partial charge in [-0.2, -0.15) is 8.42 Å². The van der Waals surface area contributed by atoms with E-state index in [0.717, 1.165) is 12.8 Å². The molecular weight excluding hydrogens is 296 g/mol. The predicted octanol–water partition coefficient (Wildman–Crippen LogP) is 6.13. The Balaban J connectivity index is 3.27. The molecule has 0 aromatic rings. The lowest BCUT2D eigenvalue weighted by Gasteiger charge is -2.10. The lowest BCUT2D eigenvalue weighted by atomic mass is 10.0. The van der Waals surface area contributed by atoms with Crippen LogP contribution in [0.15, 0.2) is 0 Å². The molecule has 22 heavy (non-hydrogen) atoms. The van der Waals surface area contributed by atoms with Gasteiger partial charge in [-0.3, -0.25) is 4.55 Å². The molecule has 1 atom stereocenters. The largest absolute Gasteiger partial charge is 0.285 e. The summed E-state index contributed by atoms with van der Waals surface area (Å²) in [6.07, 6.45) is 17.9. The van der Waals surface area contributed by atoms with Crippen molar-refractivity contribution in [1.29, 1.82) is 0 Å². The quantitative estimate of drug-likeness (QED) is 0.273. The summed E-state index contributed by atoms with van der Waals surface area (Å²) in [5.74, 6) is 0. The normalized spacial score (nSPS) is 13.4. The van der Waals surface area contributed by atoms with Crippen molar-refractivity contribution in [3.8, 4) is 0 Å². The molecule has 0 amide bonds. The Morgan fingerprint density at radius 2 is 1.05 bits per heavy atom. The molecule has 0 bridgehead atoms. The molecule has 0 radical (unpaired) electrons. The average Bonchev–Trinajstić information content (AvgIpc) is 2.46. The van der Waals surface area contributed by atoms with Crippen molar-refractivity contribution in [3.05, 3.63) is 0 Å². The molecule has 0 aliphatic rings. The second-order valence-corrected chi connectivity index (χ2v) is 8.27. The Morgan fingerprint density at radius 3 is 1.36 bits per heavy atom. The Morgan fingerprint density at radius 1 is 0.682 bits per heavy atom. The summed E-state index contributed by atoms with van der Waals surface area (Å²) in [5.41, 5.74) is 0. The topological polar surface area (TPSA) is 54.4 Å². The third-order valence-corrected chi connectivity index (χ3v) is 5.92. The maximum atomic E-state index is 11.1. The summed E-state index contributed by atoms with van der Waals surface area (Å²) in [7, 11) is -3.83. The third-order valence-electron chi connectivity index (χ3n) is 4.51. The van der Waals surface area contributed by atoms with Crippen LogP contribution in [0, 0.1) is 0 Å². The number of hydrogen-bond donors (Lipinski definition) is 1. The maximum Gasteiger partial charge on any atom is 0.267 e. The highest BCUT2D eigenvalue weighted by atomic mass is 32.2. The van der Waals surface area contributed by atoms with Gasteiger partial charge in [0.25, 0.3) is 10.1 Å². The SMILES string of the molecule is CCCCCCCCCCCCCCCC(CC)S(=O)(=O)O. The minimum Gasteiger partial charge on any atom is -0.285 e. The summed E-state index contributed by atoms with van der Waals surface area (Å²) in [6.45, 7) is 4.08. The molecule has 0 aromatic carbocycles. The first-order valence-electron chi connectivity index (χ1n) is 9.48. The van der Waals surface area contributed by atoms with Gasteiger partial charge in [0.05, 0.1) is 5.25 Å². The van der Waals surface area contributed by atoms with Crippen LogP contribution in [-0.4, -0.2) is 18.2 Å². The van der Waals surface area contributed by atoms with E-state index in [2.05, 4.69) is 6.92 Å². The van der Waals surface area contributed by atoms with Crippen LogP contribution in [-0.2, 0) is 10.1 Å². The fourth-order valence-electron chi connectivity index (χ4n) is 2.95. The first-order valence-corrected chi connectivity index (χ1v) is 11.0. The zero-order valence-electron chi connectivity index (χ0n) is 14.9.